The average Bonchev–Trinajstić information content (AvgIpc) is 2.78. The van der Waals surface area contributed by atoms with Gasteiger partial charge in [0.25, 0.3) is 0 Å². The lowest BCUT2D eigenvalue weighted by molar-refractivity contribution is -0.119. The number of phenolic OH excluding ortho intramolecular Hbond substituents is 2. The maximum Gasteiger partial charge on any atom is 0.157 e. The number of carbonyl (C=O) groups excluding carboxylic acids is 1. The molecule has 0 aliphatic carbocycles. The third-order valence-electron chi connectivity index (χ3n) is 6.52. The highest BCUT2D eigenvalue weighted by Crippen LogP contribution is 2.25. The van der Waals surface area contributed by atoms with Gasteiger partial charge < -0.3 is 10.2 Å². The average molecular weight is 447 g/mol. The summed E-state index contributed by atoms with van der Waals surface area (Å²) in [5.41, 5.74) is 0.964. The van der Waals surface area contributed by atoms with Crippen LogP contribution in [0.3, 0.4) is 0 Å². The first-order valence-electron chi connectivity index (χ1n) is 13.7. The van der Waals surface area contributed by atoms with E-state index < -0.39 is 0 Å². The highest BCUT2D eigenvalue weighted by atomic mass is 16.3. The first kappa shape index (κ1) is 28.5. The van der Waals surface area contributed by atoms with Gasteiger partial charge in [-0.15, -0.1) is 0 Å². The van der Waals surface area contributed by atoms with Crippen molar-refractivity contribution in [3.8, 4) is 11.5 Å². The molecule has 0 saturated heterocycles. The van der Waals surface area contributed by atoms with Crippen LogP contribution >= 0.6 is 0 Å². The van der Waals surface area contributed by atoms with E-state index in [0.717, 1.165) is 24.8 Å². The smallest absolute Gasteiger partial charge is 0.157 e. The van der Waals surface area contributed by atoms with E-state index in [1.807, 2.05) is 0 Å². The fraction of sp³-hybridized carbons (Fsp3) is 0.759. The lowest BCUT2D eigenvalue weighted by atomic mass is 10.0. The molecule has 32 heavy (non-hydrogen) atoms. The summed E-state index contributed by atoms with van der Waals surface area (Å²) in [4.78, 5) is 12.0. The first-order valence-corrected chi connectivity index (χ1v) is 13.7. The molecule has 0 saturated carbocycles. The summed E-state index contributed by atoms with van der Waals surface area (Å²) in [6.07, 6.45) is 26.0. The number of ketones is 1. The Balaban J connectivity index is 1.80. The Bertz CT molecular complexity index is 582. The molecule has 3 heteroatoms. The van der Waals surface area contributed by atoms with E-state index in [0.29, 0.717) is 18.6 Å². The van der Waals surface area contributed by atoms with Crippen molar-refractivity contribution in [2.75, 3.05) is 0 Å². The maximum atomic E-state index is 12.0. The summed E-state index contributed by atoms with van der Waals surface area (Å²) < 4.78 is 0. The number of aromatic hydroxyl groups is 2. The molecule has 1 aromatic rings. The molecule has 0 aliphatic heterocycles. The Hall–Kier alpha value is -1.51. The zero-order valence-electron chi connectivity index (χ0n) is 20.9. The number of phenols is 2. The van der Waals surface area contributed by atoms with Crippen molar-refractivity contribution in [2.45, 2.75) is 142 Å². The molecule has 0 bridgehead atoms. The molecule has 0 fully saturated rings. The van der Waals surface area contributed by atoms with Crippen LogP contribution in [-0.2, 0) is 11.2 Å². The Morgan fingerprint density at radius 1 is 0.594 bits per heavy atom. The van der Waals surface area contributed by atoms with E-state index in [9.17, 15) is 15.0 Å². The largest absolute Gasteiger partial charge is 0.504 e. The third kappa shape index (κ3) is 16.2. The Labute approximate surface area is 198 Å². The van der Waals surface area contributed by atoms with Crippen molar-refractivity contribution >= 4 is 5.78 Å². The zero-order chi connectivity index (χ0) is 23.3. The van der Waals surface area contributed by atoms with Gasteiger partial charge in [-0.25, -0.2) is 0 Å². The second kappa shape index (κ2) is 20.1. The van der Waals surface area contributed by atoms with Crippen molar-refractivity contribution in [3.05, 3.63) is 23.8 Å². The molecular formula is C29H50O3. The monoisotopic (exact) mass is 446 g/mol. The Morgan fingerprint density at radius 3 is 1.50 bits per heavy atom. The van der Waals surface area contributed by atoms with Gasteiger partial charge >= 0.3 is 0 Å². The van der Waals surface area contributed by atoms with Gasteiger partial charge in [0.15, 0.2) is 11.5 Å². The second-order valence-electron chi connectivity index (χ2n) is 9.62. The summed E-state index contributed by atoms with van der Waals surface area (Å²) in [6, 6.07) is 4.88. The summed E-state index contributed by atoms with van der Waals surface area (Å²) in [7, 11) is 0. The molecule has 1 rings (SSSR count). The number of hydrogen-bond acceptors (Lipinski definition) is 3. The minimum Gasteiger partial charge on any atom is -0.504 e. The van der Waals surface area contributed by atoms with Crippen LogP contribution in [0.2, 0.25) is 0 Å². The number of hydrogen-bond donors (Lipinski definition) is 2. The van der Waals surface area contributed by atoms with Crippen molar-refractivity contribution in [2.24, 2.45) is 0 Å². The SMILES string of the molecule is CCCCCCCCCCCCCCCCCCCC(=O)CCCc1ccc(O)c(O)c1. The molecule has 0 atom stereocenters. The van der Waals surface area contributed by atoms with Crippen molar-refractivity contribution < 1.29 is 15.0 Å². The van der Waals surface area contributed by atoms with Gasteiger partial charge in [-0.2, -0.15) is 0 Å². The predicted molar refractivity (Wildman–Crippen MR) is 136 cm³/mol. The van der Waals surface area contributed by atoms with Gasteiger partial charge in [-0.1, -0.05) is 116 Å². The molecule has 0 aromatic heterocycles. The molecule has 0 spiro atoms. The number of benzene rings is 1. The summed E-state index contributed by atoms with van der Waals surface area (Å²) in [5.74, 6) is 0.176. The highest BCUT2D eigenvalue weighted by molar-refractivity contribution is 5.78. The molecule has 184 valence electrons. The Kier molecular flexibility index (Phi) is 17.9. The van der Waals surface area contributed by atoms with Gasteiger partial charge in [0, 0.05) is 12.8 Å². The van der Waals surface area contributed by atoms with Gasteiger partial charge in [0.2, 0.25) is 0 Å². The number of aryl methyl sites for hydroxylation is 1. The summed E-state index contributed by atoms with van der Waals surface area (Å²) >= 11 is 0. The molecule has 0 unspecified atom stereocenters. The number of carbonyl (C=O) groups is 1. The zero-order valence-corrected chi connectivity index (χ0v) is 20.9. The van der Waals surface area contributed by atoms with E-state index in [1.54, 1.807) is 12.1 Å². The Morgan fingerprint density at radius 2 is 1.03 bits per heavy atom. The van der Waals surface area contributed by atoms with E-state index in [2.05, 4.69) is 6.92 Å². The topological polar surface area (TPSA) is 57.5 Å². The fourth-order valence-electron chi connectivity index (χ4n) is 4.39. The van der Waals surface area contributed by atoms with E-state index >= 15 is 0 Å². The van der Waals surface area contributed by atoms with E-state index in [1.165, 1.54) is 109 Å². The molecule has 3 nitrogen and oxygen atoms in total. The molecule has 0 aliphatic rings. The maximum absolute atomic E-state index is 12.0. The van der Waals surface area contributed by atoms with Crippen LogP contribution in [0.25, 0.3) is 0 Å². The number of unbranched alkanes of at least 4 members (excludes halogenated alkanes) is 16. The third-order valence-corrected chi connectivity index (χ3v) is 6.52. The minimum atomic E-state index is -0.0939. The highest BCUT2D eigenvalue weighted by Gasteiger charge is 2.04. The van der Waals surface area contributed by atoms with Crippen LogP contribution in [-0.4, -0.2) is 16.0 Å². The van der Waals surface area contributed by atoms with Gasteiger partial charge in [-0.3, -0.25) is 4.79 Å². The van der Waals surface area contributed by atoms with E-state index in [4.69, 9.17) is 0 Å². The predicted octanol–water partition coefficient (Wildman–Crippen LogP) is 9.03. The number of rotatable bonds is 22. The van der Waals surface area contributed by atoms with Crippen LogP contribution < -0.4 is 0 Å². The van der Waals surface area contributed by atoms with Gasteiger partial charge in [0.05, 0.1) is 0 Å². The quantitative estimate of drug-likeness (QED) is 0.138. The molecule has 0 amide bonds. The molecule has 0 heterocycles. The second-order valence-corrected chi connectivity index (χ2v) is 9.62. The van der Waals surface area contributed by atoms with Crippen LogP contribution in [0, 0.1) is 0 Å². The lowest BCUT2D eigenvalue weighted by Gasteiger charge is -2.05. The van der Waals surface area contributed by atoms with Gasteiger partial charge in [0.1, 0.15) is 5.78 Å². The standard InChI is InChI=1S/C29H50O3/c1-2-3-4-5-6-7-8-9-10-11-12-13-14-15-16-17-18-21-27(30)22-19-20-26-23-24-28(31)29(32)25-26/h23-25,31-32H,2-22H2,1H3. The van der Waals surface area contributed by atoms with E-state index in [-0.39, 0.29) is 11.5 Å². The summed E-state index contributed by atoms with van der Waals surface area (Å²) in [6.45, 7) is 2.28. The molecular weight excluding hydrogens is 396 g/mol. The number of Topliss-reactive ketones (excluding diaryl/α,β-unsaturated/α-hetero) is 1. The van der Waals surface area contributed by atoms with Crippen LogP contribution in [0.15, 0.2) is 18.2 Å². The van der Waals surface area contributed by atoms with Crippen LogP contribution in [0.4, 0.5) is 0 Å². The molecule has 0 radical (unpaired) electrons. The molecule has 1 aromatic carbocycles. The first-order chi connectivity index (χ1) is 15.6. The minimum absolute atomic E-state index is 0.0858. The van der Waals surface area contributed by atoms with Gasteiger partial charge in [-0.05, 0) is 37.0 Å². The van der Waals surface area contributed by atoms with Crippen LogP contribution in [0.1, 0.15) is 141 Å². The fourth-order valence-corrected chi connectivity index (χ4v) is 4.39. The normalized spacial score (nSPS) is 11.2. The molecule has 2 N–H and O–H groups in total. The van der Waals surface area contributed by atoms with Crippen molar-refractivity contribution in [1.29, 1.82) is 0 Å². The lowest BCUT2D eigenvalue weighted by Crippen LogP contribution is -1.99. The van der Waals surface area contributed by atoms with Crippen molar-refractivity contribution in [3.63, 3.8) is 0 Å². The van der Waals surface area contributed by atoms with Crippen LogP contribution in [0.5, 0.6) is 11.5 Å². The summed E-state index contributed by atoms with van der Waals surface area (Å²) in [5, 5.41) is 18.8. The van der Waals surface area contributed by atoms with Crippen molar-refractivity contribution in [1.82, 2.24) is 0 Å².